The van der Waals surface area contributed by atoms with Crippen molar-refractivity contribution in [1.82, 2.24) is 10.2 Å². The van der Waals surface area contributed by atoms with Gasteiger partial charge in [-0.3, -0.25) is 0 Å². The second-order valence-corrected chi connectivity index (χ2v) is 4.71. The van der Waals surface area contributed by atoms with Gasteiger partial charge in [0.1, 0.15) is 0 Å². The Hall–Kier alpha value is -0.200. The van der Waals surface area contributed by atoms with Crippen LogP contribution in [0.25, 0.3) is 0 Å². The highest BCUT2D eigenvalue weighted by Gasteiger charge is 2.12. The molecule has 1 aromatic heterocycles. The van der Waals surface area contributed by atoms with Crippen LogP contribution in [0.1, 0.15) is 6.92 Å². The summed E-state index contributed by atoms with van der Waals surface area (Å²) in [6.07, 6.45) is 0. The minimum atomic E-state index is 0.0739. The maximum atomic E-state index is 8.88. The van der Waals surface area contributed by atoms with Crippen molar-refractivity contribution in [3.8, 4) is 0 Å². The second kappa shape index (κ2) is 4.15. The summed E-state index contributed by atoms with van der Waals surface area (Å²) in [4.78, 5) is 1.89. The zero-order valence-corrected chi connectivity index (χ0v) is 9.26. The van der Waals surface area contributed by atoms with E-state index in [2.05, 4.69) is 26.1 Å². The quantitative estimate of drug-likeness (QED) is 0.875. The largest absolute Gasteiger partial charge is 0.394 e. The Labute approximate surface area is 83.4 Å². The number of halogens is 1. The molecule has 0 radical (unpaired) electrons. The van der Waals surface area contributed by atoms with Gasteiger partial charge in [-0.05, 0) is 22.9 Å². The molecule has 0 aliphatic carbocycles. The molecule has 1 N–H and O–H groups in total. The van der Waals surface area contributed by atoms with E-state index in [9.17, 15) is 0 Å². The maximum Gasteiger partial charge on any atom is 0.209 e. The summed E-state index contributed by atoms with van der Waals surface area (Å²) in [7, 11) is 1.88. The Morgan fingerprint density at radius 2 is 2.33 bits per heavy atom. The van der Waals surface area contributed by atoms with Gasteiger partial charge in [0.15, 0.2) is 3.92 Å². The van der Waals surface area contributed by atoms with Gasteiger partial charge in [0.2, 0.25) is 5.13 Å². The summed E-state index contributed by atoms with van der Waals surface area (Å²) in [5.41, 5.74) is 0. The zero-order valence-electron chi connectivity index (χ0n) is 6.86. The Bertz CT molecular complexity index is 255. The van der Waals surface area contributed by atoms with Crippen molar-refractivity contribution in [2.75, 3.05) is 18.6 Å². The molecule has 0 amide bonds. The molecule has 1 atom stereocenters. The Morgan fingerprint density at radius 1 is 1.67 bits per heavy atom. The molecule has 1 rings (SSSR count). The van der Waals surface area contributed by atoms with Crippen LogP contribution in [0.15, 0.2) is 3.92 Å². The van der Waals surface area contributed by atoms with Gasteiger partial charge in [-0.15, -0.1) is 10.2 Å². The normalized spacial score (nSPS) is 13.0. The number of aliphatic hydroxyl groups is 1. The second-order valence-electron chi connectivity index (χ2n) is 2.48. The number of likely N-dealkylation sites (N-methyl/N-ethyl adjacent to an activating group) is 1. The summed E-state index contributed by atoms with van der Waals surface area (Å²) >= 11 is 4.68. The zero-order chi connectivity index (χ0) is 9.14. The van der Waals surface area contributed by atoms with Crippen LogP contribution < -0.4 is 4.90 Å². The Kier molecular flexibility index (Phi) is 3.42. The molecular weight excluding hydrogens is 242 g/mol. The first-order chi connectivity index (χ1) is 5.65. The topological polar surface area (TPSA) is 49.2 Å². The summed E-state index contributed by atoms with van der Waals surface area (Å²) < 4.78 is 0.759. The molecular formula is C6H10BrN3OS. The number of aromatic nitrogens is 2. The highest BCUT2D eigenvalue weighted by atomic mass is 79.9. The van der Waals surface area contributed by atoms with Crippen molar-refractivity contribution >= 4 is 32.4 Å². The van der Waals surface area contributed by atoms with Gasteiger partial charge in [-0.1, -0.05) is 11.3 Å². The van der Waals surface area contributed by atoms with Crippen LogP contribution in [0.2, 0.25) is 0 Å². The molecule has 12 heavy (non-hydrogen) atoms. The van der Waals surface area contributed by atoms with Gasteiger partial charge in [-0.2, -0.15) is 0 Å². The van der Waals surface area contributed by atoms with Crippen molar-refractivity contribution in [1.29, 1.82) is 0 Å². The lowest BCUT2D eigenvalue weighted by Crippen LogP contribution is -2.31. The molecule has 0 aliphatic rings. The third-order valence-corrected chi connectivity index (χ3v) is 3.06. The van der Waals surface area contributed by atoms with Gasteiger partial charge in [0.05, 0.1) is 12.6 Å². The highest BCUT2D eigenvalue weighted by molar-refractivity contribution is 9.11. The lowest BCUT2D eigenvalue weighted by Gasteiger charge is -2.21. The van der Waals surface area contributed by atoms with Crippen LogP contribution in [-0.2, 0) is 0 Å². The lowest BCUT2D eigenvalue weighted by atomic mass is 10.3. The van der Waals surface area contributed by atoms with Crippen molar-refractivity contribution in [3.63, 3.8) is 0 Å². The molecule has 1 heterocycles. The summed E-state index contributed by atoms with van der Waals surface area (Å²) in [5.74, 6) is 0. The molecule has 0 aromatic carbocycles. The predicted octanol–water partition coefficient (Wildman–Crippen LogP) is 1.12. The van der Waals surface area contributed by atoms with Crippen LogP contribution in [0.3, 0.4) is 0 Å². The minimum Gasteiger partial charge on any atom is -0.394 e. The highest BCUT2D eigenvalue weighted by Crippen LogP contribution is 2.24. The van der Waals surface area contributed by atoms with Gasteiger partial charge >= 0.3 is 0 Å². The van der Waals surface area contributed by atoms with Gasteiger partial charge in [-0.25, -0.2) is 0 Å². The van der Waals surface area contributed by atoms with Crippen LogP contribution >= 0.6 is 27.3 Å². The van der Waals surface area contributed by atoms with Crippen molar-refractivity contribution in [2.45, 2.75) is 13.0 Å². The number of hydrogen-bond donors (Lipinski definition) is 1. The first-order valence-corrected chi connectivity index (χ1v) is 5.08. The van der Waals surface area contributed by atoms with Crippen LogP contribution in [-0.4, -0.2) is 35.0 Å². The molecule has 0 saturated carbocycles. The van der Waals surface area contributed by atoms with E-state index in [-0.39, 0.29) is 12.6 Å². The molecule has 0 bridgehead atoms. The standard InChI is InChI=1S/C6H10BrN3OS/c1-4(3-11)10(2)6-9-8-5(7)12-6/h4,11H,3H2,1-2H3/t4-/m0/s1. The average Bonchev–Trinajstić information content (AvgIpc) is 2.49. The van der Waals surface area contributed by atoms with E-state index in [1.165, 1.54) is 11.3 Å². The Balaban J connectivity index is 2.70. The summed E-state index contributed by atoms with van der Waals surface area (Å²) in [6.45, 7) is 2.04. The molecule has 1 aromatic rings. The van der Waals surface area contributed by atoms with Gasteiger partial charge in [0.25, 0.3) is 0 Å². The first-order valence-electron chi connectivity index (χ1n) is 3.48. The third kappa shape index (κ3) is 2.15. The number of rotatable bonds is 3. The van der Waals surface area contributed by atoms with Crippen LogP contribution in [0, 0.1) is 0 Å². The van der Waals surface area contributed by atoms with E-state index in [4.69, 9.17) is 5.11 Å². The van der Waals surface area contributed by atoms with E-state index < -0.39 is 0 Å². The maximum absolute atomic E-state index is 8.88. The number of aliphatic hydroxyl groups excluding tert-OH is 1. The van der Waals surface area contributed by atoms with Crippen molar-refractivity contribution in [2.24, 2.45) is 0 Å². The van der Waals surface area contributed by atoms with Crippen molar-refractivity contribution < 1.29 is 5.11 Å². The molecule has 6 heteroatoms. The van der Waals surface area contributed by atoms with Crippen LogP contribution in [0.5, 0.6) is 0 Å². The van der Waals surface area contributed by atoms with E-state index in [1.807, 2.05) is 18.9 Å². The molecule has 0 aliphatic heterocycles. The van der Waals surface area contributed by atoms with E-state index in [0.717, 1.165) is 9.05 Å². The number of hydrogen-bond acceptors (Lipinski definition) is 5. The fraction of sp³-hybridized carbons (Fsp3) is 0.667. The Morgan fingerprint density at radius 3 is 2.75 bits per heavy atom. The van der Waals surface area contributed by atoms with Crippen LogP contribution in [0.4, 0.5) is 5.13 Å². The fourth-order valence-electron chi connectivity index (χ4n) is 0.652. The van der Waals surface area contributed by atoms with E-state index in [1.54, 1.807) is 0 Å². The van der Waals surface area contributed by atoms with Gasteiger partial charge < -0.3 is 10.0 Å². The average molecular weight is 252 g/mol. The van der Waals surface area contributed by atoms with Crippen molar-refractivity contribution in [3.05, 3.63) is 3.92 Å². The lowest BCUT2D eigenvalue weighted by molar-refractivity contribution is 0.270. The third-order valence-electron chi connectivity index (χ3n) is 1.62. The molecule has 4 nitrogen and oxygen atoms in total. The van der Waals surface area contributed by atoms with Gasteiger partial charge in [0, 0.05) is 7.05 Å². The fourth-order valence-corrected chi connectivity index (χ4v) is 1.80. The molecule has 0 saturated heterocycles. The monoisotopic (exact) mass is 251 g/mol. The number of anilines is 1. The van der Waals surface area contributed by atoms with E-state index >= 15 is 0 Å². The minimum absolute atomic E-state index is 0.0739. The summed E-state index contributed by atoms with van der Waals surface area (Å²) in [6, 6.07) is 0.0739. The molecule has 68 valence electrons. The SMILES string of the molecule is C[C@@H](CO)N(C)c1nnc(Br)s1. The first kappa shape index (κ1) is 9.88. The molecule has 0 unspecified atom stereocenters. The smallest absolute Gasteiger partial charge is 0.209 e. The summed E-state index contributed by atoms with van der Waals surface area (Å²) in [5, 5.41) is 17.4. The molecule has 0 spiro atoms. The van der Waals surface area contributed by atoms with E-state index in [0.29, 0.717) is 0 Å². The predicted molar refractivity (Wildman–Crippen MR) is 52.6 cm³/mol. The number of nitrogens with zero attached hydrogens (tertiary/aromatic N) is 3. The molecule has 0 fully saturated rings.